The molecule has 0 spiro atoms. The van der Waals surface area contributed by atoms with Crippen molar-refractivity contribution >= 4 is 51.3 Å². The highest BCUT2D eigenvalue weighted by molar-refractivity contribution is 6.37. The molecule has 1 fully saturated rings. The summed E-state index contributed by atoms with van der Waals surface area (Å²) in [7, 11) is 0. The molecule has 4 aromatic rings. The van der Waals surface area contributed by atoms with Crippen molar-refractivity contribution in [3.8, 4) is 16.9 Å². The largest absolute Gasteiger partial charge is 0.505 e. The van der Waals surface area contributed by atoms with Crippen LogP contribution in [0.25, 0.3) is 22.0 Å². The minimum Gasteiger partial charge on any atom is -0.505 e. The summed E-state index contributed by atoms with van der Waals surface area (Å²) in [6.45, 7) is 3.93. The van der Waals surface area contributed by atoms with Gasteiger partial charge in [0.05, 0.1) is 33.1 Å². The summed E-state index contributed by atoms with van der Waals surface area (Å²) in [5.41, 5.74) is 11.7. The summed E-state index contributed by atoms with van der Waals surface area (Å²) < 4.78 is 0. The molecule has 1 aliphatic rings. The average molecular weight is 508 g/mol. The van der Waals surface area contributed by atoms with Gasteiger partial charge in [-0.3, -0.25) is 4.98 Å². The Kier molecular flexibility index (Phi) is 6.69. The number of nitrogens with two attached hydrogens (primary N) is 1. The van der Waals surface area contributed by atoms with E-state index >= 15 is 0 Å². The molecule has 35 heavy (non-hydrogen) atoms. The minimum atomic E-state index is -0.112. The fraction of sp³-hybridized carbons (Fsp3) is 0.259. The highest BCUT2D eigenvalue weighted by atomic mass is 35.5. The second-order valence-electron chi connectivity index (χ2n) is 8.95. The Hall–Kier alpha value is -3.06. The van der Waals surface area contributed by atoms with Gasteiger partial charge < -0.3 is 21.1 Å². The van der Waals surface area contributed by atoms with E-state index in [4.69, 9.17) is 33.9 Å². The Morgan fingerprint density at radius 3 is 2.51 bits per heavy atom. The Labute approximate surface area is 214 Å². The van der Waals surface area contributed by atoms with Crippen molar-refractivity contribution in [1.82, 2.24) is 9.97 Å². The second kappa shape index (κ2) is 9.90. The third kappa shape index (κ3) is 4.87. The minimum absolute atomic E-state index is 0.112. The zero-order valence-electron chi connectivity index (χ0n) is 19.4. The highest BCUT2D eigenvalue weighted by Gasteiger charge is 2.20. The molecule has 1 aliphatic heterocycles. The first-order valence-corrected chi connectivity index (χ1v) is 12.5. The van der Waals surface area contributed by atoms with Crippen molar-refractivity contribution in [1.29, 1.82) is 0 Å². The van der Waals surface area contributed by atoms with Crippen LogP contribution in [0.15, 0.2) is 54.9 Å². The van der Waals surface area contributed by atoms with Crippen molar-refractivity contribution < 1.29 is 5.11 Å². The lowest BCUT2D eigenvalue weighted by Crippen LogP contribution is -2.26. The van der Waals surface area contributed by atoms with Gasteiger partial charge in [0.2, 0.25) is 0 Å². The maximum Gasteiger partial charge on any atom is 0.152 e. The molecule has 3 heterocycles. The van der Waals surface area contributed by atoms with Crippen LogP contribution in [0.3, 0.4) is 0 Å². The van der Waals surface area contributed by atoms with Crippen LogP contribution in [0.5, 0.6) is 5.75 Å². The molecular formula is C27H27Cl2N5O. The number of aromatic nitrogens is 2. The van der Waals surface area contributed by atoms with E-state index in [2.05, 4.69) is 34.3 Å². The third-order valence-electron chi connectivity index (χ3n) is 6.38. The lowest BCUT2D eigenvalue weighted by atomic mass is 9.99. The molecule has 2 aromatic carbocycles. The molecule has 6 nitrogen and oxygen atoms in total. The number of phenolic OH excluding ortho intramolecular Hbond substituents is 1. The van der Waals surface area contributed by atoms with Gasteiger partial charge in [-0.15, -0.1) is 0 Å². The molecule has 0 saturated carbocycles. The van der Waals surface area contributed by atoms with Crippen LogP contribution in [0.2, 0.25) is 10.0 Å². The summed E-state index contributed by atoms with van der Waals surface area (Å²) in [5.74, 6) is 0.833. The molecule has 2 aromatic heterocycles. The number of benzene rings is 2. The van der Waals surface area contributed by atoms with Crippen molar-refractivity contribution in [3.05, 3.63) is 70.5 Å². The van der Waals surface area contributed by atoms with Crippen LogP contribution in [0.4, 0.5) is 17.2 Å². The number of nitrogens with zero attached hydrogens (tertiary/aromatic N) is 3. The lowest BCUT2D eigenvalue weighted by Gasteiger charge is -2.18. The molecule has 4 N–H and O–H groups in total. The van der Waals surface area contributed by atoms with E-state index in [0.29, 0.717) is 0 Å². The molecule has 1 atom stereocenters. The Balaban J connectivity index is 1.54. The van der Waals surface area contributed by atoms with E-state index in [1.807, 2.05) is 30.6 Å². The van der Waals surface area contributed by atoms with Crippen LogP contribution >= 0.6 is 23.2 Å². The summed E-state index contributed by atoms with van der Waals surface area (Å²) in [6.07, 6.45) is 6.69. The monoisotopic (exact) mass is 507 g/mol. The summed E-state index contributed by atoms with van der Waals surface area (Å²) in [5, 5.41) is 15.0. The summed E-state index contributed by atoms with van der Waals surface area (Å²) >= 11 is 12.4. The lowest BCUT2D eigenvalue weighted by molar-refractivity contribution is 0.476. The zero-order valence-corrected chi connectivity index (χ0v) is 20.9. The van der Waals surface area contributed by atoms with E-state index in [9.17, 15) is 5.11 Å². The van der Waals surface area contributed by atoms with Crippen LogP contribution in [0, 0.1) is 0 Å². The zero-order chi connectivity index (χ0) is 24.5. The number of halogens is 2. The van der Waals surface area contributed by atoms with Gasteiger partial charge in [0.15, 0.2) is 5.75 Å². The quantitative estimate of drug-likeness (QED) is 0.274. The molecule has 0 amide bonds. The molecule has 8 heteroatoms. The van der Waals surface area contributed by atoms with Crippen molar-refractivity contribution in [3.63, 3.8) is 0 Å². The number of nitrogens with one attached hydrogen (secondary N) is 1. The van der Waals surface area contributed by atoms with Gasteiger partial charge in [-0.25, -0.2) is 4.98 Å². The smallest absolute Gasteiger partial charge is 0.152 e. The van der Waals surface area contributed by atoms with Crippen molar-refractivity contribution in [2.45, 2.75) is 32.2 Å². The Morgan fingerprint density at radius 2 is 1.86 bits per heavy atom. The van der Waals surface area contributed by atoms with Gasteiger partial charge in [0.25, 0.3) is 0 Å². The number of aromatic hydroxyl groups is 1. The van der Waals surface area contributed by atoms with Gasteiger partial charge in [0, 0.05) is 30.7 Å². The third-order valence-corrected chi connectivity index (χ3v) is 6.96. The molecule has 1 saturated heterocycles. The maximum absolute atomic E-state index is 9.96. The van der Waals surface area contributed by atoms with E-state index < -0.39 is 0 Å². The number of fused-ring (bicyclic) bond motifs is 1. The molecule has 0 bridgehead atoms. The molecule has 180 valence electrons. The summed E-state index contributed by atoms with van der Waals surface area (Å²) in [4.78, 5) is 11.6. The average Bonchev–Trinajstić information content (AvgIpc) is 3.30. The summed E-state index contributed by atoms with van der Waals surface area (Å²) in [6, 6.07) is 13.8. The van der Waals surface area contributed by atoms with E-state index in [1.54, 1.807) is 12.1 Å². The number of aryl methyl sites for hydroxylation is 1. The van der Waals surface area contributed by atoms with Crippen LogP contribution in [0.1, 0.15) is 25.3 Å². The number of rotatable bonds is 6. The first kappa shape index (κ1) is 23.7. The number of hydrogen-bond donors (Lipinski definition) is 3. The standard InChI is InChI=1S/C27H27Cl2N5O/c1-2-3-17-13-31-24-6-4-16(18-11-22(28)27(35)23(29)12-18)10-21(24)26(17)33-20-5-7-25(32-14-20)34-9-8-19(30)15-34/h4-7,10-14,19,35H,2-3,8-9,15,30H2,1H3,(H,31,33). The van der Waals surface area contributed by atoms with E-state index in [-0.39, 0.29) is 21.8 Å². The fourth-order valence-corrected chi connectivity index (χ4v) is 5.03. The molecule has 5 rings (SSSR count). The van der Waals surface area contributed by atoms with Gasteiger partial charge in [-0.05, 0) is 65.9 Å². The van der Waals surface area contributed by atoms with Gasteiger partial charge in [-0.2, -0.15) is 0 Å². The Bertz CT molecular complexity index is 1350. The van der Waals surface area contributed by atoms with Crippen LogP contribution < -0.4 is 16.0 Å². The van der Waals surface area contributed by atoms with Crippen molar-refractivity contribution in [2.75, 3.05) is 23.3 Å². The molecule has 0 radical (unpaired) electrons. The van der Waals surface area contributed by atoms with Crippen LogP contribution in [-0.4, -0.2) is 34.2 Å². The predicted molar refractivity (Wildman–Crippen MR) is 145 cm³/mol. The molecule has 0 aliphatic carbocycles. The fourth-order valence-electron chi connectivity index (χ4n) is 4.54. The highest BCUT2D eigenvalue weighted by Crippen LogP contribution is 2.38. The first-order valence-electron chi connectivity index (χ1n) is 11.8. The predicted octanol–water partition coefficient (Wildman–Crippen LogP) is 6.54. The van der Waals surface area contributed by atoms with Crippen molar-refractivity contribution in [2.24, 2.45) is 5.73 Å². The molecule has 1 unspecified atom stereocenters. The second-order valence-corrected chi connectivity index (χ2v) is 9.77. The number of hydrogen-bond acceptors (Lipinski definition) is 6. The van der Waals surface area contributed by atoms with Gasteiger partial charge in [0.1, 0.15) is 5.82 Å². The SMILES string of the molecule is CCCc1cnc2ccc(-c3cc(Cl)c(O)c(Cl)c3)cc2c1Nc1ccc(N2CCC(N)C2)nc1. The first-order chi connectivity index (χ1) is 16.9. The number of phenols is 1. The van der Waals surface area contributed by atoms with E-state index in [0.717, 1.165) is 77.1 Å². The van der Waals surface area contributed by atoms with Crippen LogP contribution in [-0.2, 0) is 6.42 Å². The van der Waals surface area contributed by atoms with Gasteiger partial charge >= 0.3 is 0 Å². The topological polar surface area (TPSA) is 87.3 Å². The number of anilines is 3. The molecular weight excluding hydrogens is 481 g/mol. The number of pyridine rings is 2. The Morgan fingerprint density at radius 1 is 1.06 bits per heavy atom. The van der Waals surface area contributed by atoms with E-state index in [1.165, 1.54) is 0 Å². The van der Waals surface area contributed by atoms with Gasteiger partial charge in [-0.1, -0.05) is 42.6 Å². The normalized spacial score (nSPS) is 15.7. The maximum atomic E-state index is 9.96.